The highest BCUT2D eigenvalue weighted by Gasteiger charge is 2.09. The number of nitrogens with zero attached hydrogens (tertiary/aromatic N) is 1. The zero-order valence-corrected chi connectivity index (χ0v) is 9.01. The van der Waals surface area contributed by atoms with Gasteiger partial charge >= 0.3 is 5.97 Å². The van der Waals surface area contributed by atoms with Gasteiger partial charge in [-0.2, -0.15) is 5.26 Å². The number of hydrogen-bond acceptors (Lipinski definition) is 2. The first-order valence-electron chi connectivity index (χ1n) is 4.38. The van der Waals surface area contributed by atoms with E-state index in [0.717, 1.165) is 11.1 Å². The summed E-state index contributed by atoms with van der Waals surface area (Å²) in [7, 11) is 0. The van der Waals surface area contributed by atoms with E-state index in [-0.39, 0.29) is 12.3 Å². The number of nitriles is 1. The van der Waals surface area contributed by atoms with Crippen LogP contribution in [0.15, 0.2) is 12.1 Å². The first kappa shape index (κ1) is 11.5. The van der Waals surface area contributed by atoms with Crippen LogP contribution < -0.4 is 0 Å². The smallest absolute Gasteiger partial charge is 0.307 e. The molecule has 0 saturated heterocycles. The fourth-order valence-corrected chi connectivity index (χ4v) is 1.80. The minimum atomic E-state index is -0.906. The Hall–Kier alpha value is -1.53. The molecule has 0 aromatic heterocycles. The number of carboxylic acids is 1. The molecule has 15 heavy (non-hydrogen) atoms. The van der Waals surface area contributed by atoms with Crippen LogP contribution in [0.5, 0.6) is 0 Å². The fourth-order valence-electron chi connectivity index (χ4n) is 1.45. The molecular weight excluding hydrogens is 214 g/mol. The van der Waals surface area contributed by atoms with Gasteiger partial charge in [0.2, 0.25) is 0 Å². The predicted octanol–water partition coefficient (Wildman–Crippen LogP) is 2.23. The number of carbonyl (C=O) groups is 1. The molecule has 0 aliphatic carbocycles. The molecule has 0 amide bonds. The van der Waals surface area contributed by atoms with E-state index < -0.39 is 5.97 Å². The number of rotatable bonds is 3. The molecular formula is C11H10ClNO2. The number of aryl methyl sites for hydroxylation is 1. The molecule has 0 aliphatic heterocycles. The Morgan fingerprint density at radius 1 is 1.60 bits per heavy atom. The van der Waals surface area contributed by atoms with Gasteiger partial charge in [0.1, 0.15) is 0 Å². The van der Waals surface area contributed by atoms with Crippen molar-refractivity contribution in [1.29, 1.82) is 5.26 Å². The van der Waals surface area contributed by atoms with Crippen molar-refractivity contribution in [1.82, 2.24) is 0 Å². The zero-order valence-electron chi connectivity index (χ0n) is 8.25. The summed E-state index contributed by atoms with van der Waals surface area (Å²) in [5, 5.41) is 17.5. The average Bonchev–Trinajstić information content (AvgIpc) is 2.15. The maximum atomic E-state index is 10.5. The van der Waals surface area contributed by atoms with Crippen LogP contribution in [0.3, 0.4) is 0 Å². The lowest BCUT2D eigenvalue weighted by Gasteiger charge is -2.07. The Labute approximate surface area is 92.9 Å². The third kappa shape index (κ3) is 2.71. The van der Waals surface area contributed by atoms with Crippen LogP contribution >= 0.6 is 11.6 Å². The van der Waals surface area contributed by atoms with Gasteiger partial charge in [-0.1, -0.05) is 6.07 Å². The highest BCUT2D eigenvalue weighted by atomic mass is 35.5. The van der Waals surface area contributed by atoms with Gasteiger partial charge in [0.25, 0.3) is 0 Å². The second-order valence-electron chi connectivity index (χ2n) is 3.25. The lowest BCUT2D eigenvalue weighted by molar-refractivity contribution is -0.136. The molecule has 1 rings (SSSR count). The van der Waals surface area contributed by atoms with E-state index in [1.165, 1.54) is 0 Å². The van der Waals surface area contributed by atoms with E-state index in [0.29, 0.717) is 11.1 Å². The van der Waals surface area contributed by atoms with Crippen LogP contribution in [-0.4, -0.2) is 11.1 Å². The minimum Gasteiger partial charge on any atom is -0.481 e. The van der Waals surface area contributed by atoms with Gasteiger partial charge in [0, 0.05) is 5.88 Å². The summed E-state index contributed by atoms with van der Waals surface area (Å²) in [4.78, 5) is 10.5. The first-order valence-corrected chi connectivity index (χ1v) is 4.92. The van der Waals surface area contributed by atoms with Crippen molar-refractivity contribution in [3.63, 3.8) is 0 Å². The Balaban J connectivity index is 3.21. The number of benzene rings is 1. The van der Waals surface area contributed by atoms with E-state index in [2.05, 4.69) is 0 Å². The standard InChI is InChI=1S/C11H10ClNO2/c1-7-2-8(4-11(14)15)3-9(6-13)10(7)5-12/h2-3H,4-5H2,1H3,(H,14,15). The lowest BCUT2D eigenvalue weighted by Crippen LogP contribution is -2.02. The van der Waals surface area contributed by atoms with Gasteiger partial charge < -0.3 is 5.11 Å². The van der Waals surface area contributed by atoms with E-state index in [4.69, 9.17) is 22.0 Å². The Morgan fingerprint density at radius 3 is 2.73 bits per heavy atom. The average molecular weight is 224 g/mol. The highest BCUT2D eigenvalue weighted by Crippen LogP contribution is 2.19. The SMILES string of the molecule is Cc1cc(CC(=O)O)cc(C#N)c1CCl. The number of halogens is 1. The topological polar surface area (TPSA) is 61.1 Å². The third-order valence-electron chi connectivity index (χ3n) is 2.14. The van der Waals surface area contributed by atoms with Crippen molar-refractivity contribution in [2.45, 2.75) is 19.2 Å². The Morgan fingerprint density at radius 2 is 2.27 bits per heavy atom. The summed E-state index contributed by atoms with van der Waals surface area (Å²) >= 11 is 5.71. The Kier molecular flexibility index (Phi) is 3.70. The van der Waals surface area contributed by atoms with Crippen molar-refractivity contribution in [3.05, 3.63) is 34.4 Å². The van der Waals surface area contributed by atoms with Gasteiger partial charge in [0.15, 0.2) is 0 Å². The predicted molar refractivity (Wildman–Crippen MR) is 56.8 cm³/mol. The molecule has 0 saturated carbocycles. The summed E-state index contributed by atoms with van der Waals surface area (Å²) in [6.07, 6.45) is -0.0713. The van der Waals surface area contributed by atoms with Crippen LogP contribution in [0.4, 0.5) is 0 Å². The summed E-state index contributed by atoms with van der Waals surface area (Å²) < 4.78 is 0. The number of aliphatic carboxylic acids is 1. The molecule has 0 spiro atoms. The van der Waals surface area contributed by atoms with Crippen LogP contribution in [-0.2, 0) is 17.1 Å². The molecule has 1 aromatic carbocycles. The van der Waals surface area contributed by atoms with E-state index in [9.17, 15) is 4.79 Å². The van der Waals surface area contributed by atoms with Crippen molar-refractivity contribution in [2.75, 3.05) is 0 Å². The molecule has 0 radical (unpaired) electrons. The molecule has 4 heteroatoms. The zero-order chi connectivity index (χ0) is 11.4. The summed E-state index contributed by atoms with van der Waals surface area (Å²) in [5.74, 6) is -0.640. The number of alkyl halides is 1. The van der Waals surface area contributed by atoms with E-state index in [1.54, 1.807) is 12.1 Å². The fraction of sp³-hybridized carbons (Fsp3) is 0.273. The van der Waals surface area contributed by atoms with Crippen LogP contribution in [0.2, 0.25) is 0 Å². The molecule has 0 heterocycles. The van der Waals surface area contributed by atoms with Crippen molar-refractivity contribution >= 4 is 17.6 Å². The molecule has 0 fully saturated rings. The quantitative estimate of drug-likeness (QED) is 0.800. The van der Waals surface area contributed by atoms with Crippen molar-refractivity contribution in [3.8, 4) is 6.07 Å². The second kappa shape index (κ2) is 4.81. The molecule has 0 bridgehead atoms. The third-order valence-corrected chi connectivity index (χ3v) is 2.41. The molecule has 3 nitrogen and oxygen atoms in total. The number of carboxylic acid groups (broad SMARTS) is 1. The largest absolute Gasteiger partial charge is 0.481 e. The molecule has 0 atom stereocenters. The van der Waals surface area contributed by atoms with Crippen LogP contribution in [0.1, 0.15) is 22.3 Å². The molecule has 78 valence electrons. The van der Waals surface area contributed by atoms with Gasteiger partial charge in [0.05, 0.1) is 18.1 Å². The van der Waals surface area contributed by atoms with E-state index in [1.807, 2.05) is 13.0 Å². The maximum absolute atomic E-state index is 10.5. The van der Waals surface area contributed by atoms with Crippen LogP contribution in [0.25, 0.3) is 0 Å². The monoisotopic (exact) mass is 223 g/mol. The summed E-state index contributed by atoms with van der Waals surface area (Å²) in [6, 6.07) is 5.36. The van der Waals surface area contributed by atoms with Gasteiger partial charge in [-0.05, 0) is 29.7 Å². The minimum absolute atomic E-state index is 0.0713. The number of hydrogen-bond donors (Lipinski definition) is 1. The molecule has 0 unspecified atom stereocenters. The summed E-state index contributed by atoms with van der Waals surface area (Å²) in [6.45, 7) is 1.82. The van der Waals surface area contributed by atoms with E-state index >= 15 is 0 Å². The highest BCUT2D eigenvalue weighted by molar-refractivity contribution is 6.17. The molecule has 1 aromatic rings. The maximum Gasteiger partial charge on any atom is 0.307 e. The summed E-state index contributed by atoms with van der Waals surface area (Å²) in [5.41, 5.74) is 2.72. The second-order valence-corrected chi connectivity index (χ2v) is 3.52. The van der Waals surface area contributed by atoms with Gasteiger partial charge in [-0.15, -0.1) is 11.6 Å². The molecule has 0 aliphatic rings. The normalized spacial score (nSPS) is 9.67. The van der Waals surface area contributed by atoms with Gasteiger partial charge in [-0.3, -0.25) is 4.79 Å². The van der Waals surface area contributed by atoms with Crippen molar-refractivity contribution < 1.29 is 9.90 Å². The van der Waals surface area contributed by atoms with Crippen molar-refractivity contribution in [2.24, 2.45) is 0 Å². The lowest BCUT2D eigenvalue weighted by atomic mass is 9.99. The first-order chi connectivity index (χ1) is 7.08. The Bertz CT molecular complexity index is 435. The molecule has 1 N–H and O–H groups in total. The van der Waals surface area contributed by atoms with Crippen LogP contribution in [0, 0.1) is 18.3 Å². The van der Waals surface area contributed by atoms with Gasteiger partial charge in [-0.25, -0.2) is 0 Å².